The highest BCUT2D eigenvalue weighted by atomic mass is 16.5. The molecular formula is C21H21N3O3. The van der Waals surface area contributed by atoms with E-state index in [0.717, 1.165) is 30.9 Å². The minimum absolute atomic E-state index is 0.168. The topological polar surface area (TPSA) is 65.4 Å². The summed E-state index contributed by atoms with van der Waals surface area (Å²) in [6.45, 7) is 1.36. The Labute approximate surface area is 157 Å². The van der Waals surface area contributed by atoms with E-state index in [1.165, 1.54) is 0 Å². The molecule has 4 rings (SSSR count). The fourth-order valence-corrected chi connectivity index (χ4v) is 3.02. The molecule has 1 aliphatic heterocycles. The third-order valence-corrected chi connectivity index (χ3v) is 4.45. The van der Waals surface area contributed by atoms with E-state index in [-0.39, 0.29) is 12.0 Å². The quantitative estimate of drug-likeness (QED) is 0.725. The molecule has 1 fully saturated rings. The van der Waals surface area contributed by atoms with E-state index >= 15 is 0 Å². The second-order valence-corrected chi connectivity index (χ2v) is 6.43. The monoisotopic (exact) mass is 363 g/mol. The maximum atomic E-state index is 12.5. The number of ether oxygens (including phenoxy) is 2. The first-order valence-corrected chi connectivity index (χ1v) is 9.04. The number of nitrogens with one attached hydrogen (secondary N) is 1. The van der Waals surface area contributed by atoms with Crippen LogP contribution in [-0.4, -0.2) is 35.0 Å². The summed E-state index contributed by atoms with van der Waals surface area (Å²) in [4.78, 5) is 12.5. The van der Waals surface area contributed by atoms with Crippen LogP contribution in [0.5, 0.6) is 5.75 Å². The van der Waals surface area contributed by atoms with Crippen molar-refractivity contribution in [3.05, 3.63) is 72.6 Å². The minimum Gasteiger partial charge on any atom is -0.491 e. The van der Waals surface area contributed by atoms with Gasteiger partial charge in [0, 0.05) is 30.3 Å². The summed E-state index contributed by atoms with van der Waals surface area (Å²) in [5, 5.41) is 7.12. The van der Waals surface area contributed by atoms with Crippen LogP contribution in [0.15, 0.2) is 67.0 Å². The van der Waals surface area contributed by atoms with Gasteiger partial charge in [0.2, 0.25) is 0 Å². The van der Waals surface area contributed by atoms with Gasteiger partial charge in [-0.25, -0.2) is 4.68 Å². The average molecular weight is 363 g/mol. The predicted molar refractivity (Wildman–Crippen MR) is 102 cm³/mol. The molecule has 1 aromatic heterocycles. The van der Waals surface area contributed by atoms with Crippen molar-refractivity contribution < 1.29 is 14.3 Å². The zero-order chi connectivity index (χ0) is 18.5. The number of aromatic nitrogens is 2. The summed E-state index contributed by atoms with van der Waals surface area (Å²) >= 11 is 0. The lowest BCUT2D eigenvalue weighted by Gasteiger charge is -2.12. The van der Waals surface area contributed by atoms with E-state index in [0.29, 0.717) is 17.9 Å². The summed E-state index contributed by atoms with van der Waals surface area (Å²) < 4.78 is 13.0. The zero-order valence-electron chi connectivity index (χ0n) is 14.9. The van der Waals surface area contributed by atoms with Crippen LogP contribution in [0.4, 0.5) is 5.69 Å². The van der Waals surface area contributed by atoms with Crippen molar-refractivity contribution in [1.29, 1.82) is 0 Å². The van der Waals surface area contributed by atoms with E-state index < -0.39 is 0 Å². The normalized spacial score (nSPS) is 16.2. The molecule has 0 radical (unpaired) electrons. The third kappa shape index (κ3) is 4.35. The molecular weight excluding hydrogens is 342 g/mol. The molecule has 0 aliphatic carbocycles. The molecule has 1 unspecified atom stereocenters. The molecule has 0 spiro atoms. The van der Waals surface area contributed by atoms with Crippen LogP contribution < -0.4 is 10.1 Å². The molecule has 138 valence electrons. The molecule has 1 saturated heterocycles. The van der Waals surface area contributed by atoms with Crippen molar-refractivity contribution in [1.82, 2.24) is 9.78 Å². The molecule has 3 aromatic rings. The standard InChI is InChI=1S/C21H21N3O3/c25-21(23-17-4-1-5-18(14-17)24-12-3-11-22-24)16-7-9-19(10-8-16)27-15-20-6-2-13-26-20/h1,3-5,7-12,14,20H,2,6,13,15H2,(H,23,25). The average Bonchev–Trinajstić information content (AvgIpc) is 3.41. The highest BCUT2D eigenvalue weighted by Crippen LogP contribution is 2.18. The van der Waals surface area contributed by atoms with Gasteiger partial charge in [0.15, 0.2) is 0 Å². The van der Waals surface area contributed by atoms with Crippen LogP contribution >= 0.6 is 0 Å². The molecule has 0 saturated carbocycles. The van der Waals surface area contributed by atoms with Crippen LogP contribution in [0.3, 0.4) is 0 Å². The van der Waals surface area contributed by atoms with E-state index in [1.54, 1.807) is 23.0 Å². The molecule has 2 aromatic carbocycles. The Morgan fingerprint density at radius 2 is 2.11 bits per heavy atom. The van der Waals surface area contributed by atoms with Gasteiger partial charge in [0.1, 0.15) is 12.4 Å². The summed E-state index contributed by atoms with van der Waals surface area (Å²) in [5.41, 5.74) is 2.17. The minimum atomic E-state index is -0.168. The number of carbonyl (C=O) groups is 1. The molecule has 2 heterocycles. The van der Waals surface area contributed by atoms with Crippen LogP contribution in [0.25, 0.3) is 5.69 Å². The number of amides is 1. The van der Waals surface area contributed by atoms with Crippen molar-refractivity contribution in [2.45, 2.75) is 18.9 Å². The Morgan fingerprint density at radius 1 is 1.22 bits per heavy atom. The van der Waals surface area contributed by atoms with Gasteiger partial charge in [-0.2, -0.15) is 5.10 Å². The molecule has 1 amide bonds. The van der Waals surface area contributed by atoms with Crippen LogP contribution in [0.2, 0.25) is 0 Å². The van der Waals surface area contributed by atoms with Crippen molar-refractivity contribution in [2.75, 3.05) is 18.5 Å². The molecule has 1 N–H and O–H groups in total. The number of hydrogen-bond donors (Lipinski definition) is 1. The lowest BCUT2D eigenvalue weighted by Crippen LogP contribution is -2.16. The molecule has 0 bridgehead atoms. The first-order chi connectivity index (χ1) is 13.3. The van der Waals surface area contributed by atoms with Gasteiger partial charge in [0.25, 0.3) is 5.91 Å². The molecule has 1 aliphatic rings. The third-order valence-electron chi connectivity index (χ3n) is 4.45. The smallest absolute Gasteiger partial charge is 0.255 e. The molecule has 1 atom stereocenters. The van der Waals surface area contributed by atoms with Gasteiger partial charge in [-0.15, -0.1) is 0 Å². The van der Waals surface area contributed by atoms with Crippen molar-refractivity contribution >= 4 is 11.6 Å². The van der Waals surface area contributed by atoms with Crippen LogP contribution in [0, 0.1) is 0 Å². The van der Waals surface area contributed by atoms with Gasteiger partial charge in [-0.3, -0.25) is 4.79 Å². The fourth-order valence-electron chi connectivity index (χ4n) is 3.02. The number of nitrogens with zero attached hydrogens (tertiary/aromatic N) is 2. The maximum Gasteiger partial charge on any atom is 0.255 e. The van der Waals surface area contributed by atoms with Crippen LogP contribution in [0.1, 0.15) is 23.2 Å². The number of hydrogen-bond acceptors (Lipinski definition) is 4. The van der Waals surface area contributed by atoms with Gasteiger partial charge < -0.3 is 14.8 Å². The summed E-state index contributed by atoms with van der Waals surface area (Å²) in [6.07, 6.45) is 5.88. The van der Waals surface area contributed by atoms with Gasteiger partial charge in [0.05, 0.1) is 11.8 Å². The summed E-state index contributed by atoms with van der Waals surface area (Å²) in [7, 11) is 0. The Hall–Kier alpha value is -3.12. The largest absolute Gasteiger partial charge is 0.491 e. The van der Waals surface area contributed by atoms with Crippen molar-refractivity contribution in [3.63, 3.8) is 0 Å². The van der Waals surface area contributed by atoms with Gasteiger partial charge >= 0.3 is 0 Å². The van der Waals surface area contributed by atoms with E-state index in [9.17, 15) is 4.79 Å². The van der Waals surface area contributed by atoms with Crippen molar-refractivity contribution in [3.8, 4) is 11.4 Å². The van der Waals surface area contributed by atoms with Crippen LogP contribution in [-0.2, 0) is 4.74 Å². The molecule has 6 heteroatoms. The van der Waals surface area contributed by atoms with Gasteiger partial charge in [-0.1, -0.05) is 6.07 Å². The zero-order valence-corrected chi connectivity index (χ0v) is 14.9. The number of anilines is 1. The lowest BCUT2D eigenvalue weighted by molar-refractivity contribution is 0.0679. The molecule has 27 heavy (non-hydrogen) atoms. The van der Waals surface area contributed by atoms with Crippen molar-refractivity contribution in [2.24, 2.45) is 0 Å². The van der Waals surface area contributed by atoms with E-state index in [1.807, 2.05) is 48.7 Å². The predicted octanol–water partition coefficient (Wildman–Crippen LogP) is 3.68. The fraction of sp³-hybridized carbons (Fsp3) is 0.238. The Kier molecular flexibility index (Phi) is 5.16. The molecule has 6 nitrogen and oxygen atoms in total. The second-order valence-electron chi connectivity index (χ2n) is 6.43. The van der Waals surface area contributed by atoms with E-state index in [2.05, 4.69) is 10.4 Å². The lowest BCUT2D eigenvalue weighted by atomic mass is 10.2. The number of benzene rings is 2. The summed E-state index contributed by atoms with van der Waals surface area (Å²) in [6, 6.07) is 16.5. The SMILES string of the molecule is O=C(Nc1cccc(-n2cccn2)c1)c1ccc(OCC2CCCO2)cc1. The number of rotatable bonds is 6. The maximum absolute atomic E-state index is 12.5. The first-order valence-electron chi connectivity index (χ1n) is 9.04. The second kappa shape index (κ2) is 8.05. The number of carbonyl (C=O) groups excluding carboxylic acids is 1. The van der Waals surface area contributed by atoms with E-state index in [4.69, 9.17) is 9.47 Å². The Bertz CT molecular complexity index is 885. The Balaban J connectivity index is 1.37. The highest BCUT2D eigenvalue weighted by Gasteiger charge is 2.16. The Morgan fingerprint density at radius 3 is 2.85 bits per heavy atom. The summed E-state index contributed by atoms with van der Waals surface area (Å²) in [5.74, 6) is 0.570. The first kappa shape index (κ1) is 17.3. The van der Waals surface area contributed by atoms with Gasteiger partial charge in [-0.05, 0) is 61.4 Å². The highest BCUT2D eigenvalue weighted by molar-refractivity contribution is 6.04.